The summed E-state index contributed by atoms with van der Waals surface area (Å²) in [5, 5.41) is 21.6. The number of hydrogen-bond acceptors (Lipinski definition) is 6. The van der Waals surface area contributed by atoms with E-state index in [0.717, 1.165) is 58.8 Å². The van der Waals surface area contributed by atoms with Gasteiger partial charge in [-0.1, -0.05) is 11.2 Å². The average Bonchev–Trinajstić information content (AvgIpc) is 3.40. The molecule has 2 atom stereocenters. The first kappa shape index (κ1) is 18.5. The van der Waals surface area contributed by atoms with Crippen molar-refractivity contribution in [1.29, 1.82) is 0 Å². The predicted molar refractivity (Wildman–Crippen MR) is 112 cm³/mol. The topological polar surface area (TPSA) is 78.6 Å². The number of nitrogens with zero attached hydrogens (tertiary/aromatic N) is 2. The molecule has 150 valence electrons. The summed E-state index contributed by atoms with van der Waals surface area (Å²) in [6.07, 6.45) is 1.20. The van der Waals surface area contributed by atoms with Crippen LogP contribution in [0.5, 0.6) is 0 Å². The molecule has 1 amide bonds. The molecule has 1 fully saturated rings. The maximum absolute atomic E-state index is 13.5. The maximum atomic E-state index is 13.5. The van der Waals surface area contributed by atoms with Gasteiger partial charge in [-0.2, -0.15) is 11.3 Å². The number of carbonyl (C=O) groups is 1. The van der Waals surface area contributed by atoms with Crippen molar-refractivity contribution in [2.75, 3.05) is 18.4 Å². The van der Waals surface area contributed by atoms with Gasteiger partial charge in [0.2, 0.25) is 0 Å². The number of aromatic nitrogens is 1. The zero-order valence-corrected chi connectivity index (χ0v) is 17.3. The summed E-state index contributed by atoms with van der Waals surface area (Å²) in [6.45, 7) is 5.06. The van der Waals surface area contributed by atoms with Crippen LogP contribution < -0.4 is 5.32 Å². The minimum atomic E-state index is -0.939. The Labute approximate surface area is 173 Å². The van der Waals surface area contributed by atoms with Crippen LogP contribution in [0.3, 0.4) is 0 Å². The van der Waals surface area contributed by atoms with Crippen LogP contribution in [-0.4, -0.2) is 40.3 Å². The number of thiophene rings is 1. The summed E-state index contributed by atoms with van der Waals surface area (Å²) < 4.78 is 5.37. The molecular formula is C22H23N3O3S. The van der Waals surface area contributed by atoms with Crippen molar-refractivity contribution in [3.05, 3.63) is 57.6 Å². The van der Waals surface area contributed by atoms with Crippen LogP contribution >= 0.6 is 11.3 Å². The van der Waals surface area contributed by atoms with Gasteiger partial charge in [-0.25, -0.2) is 0 Å². The van der Waals surface area contributed by atoms with Gasteiger partial charge in [0, 0.05) is 29.9 Å². The molecule has 6 nitrogen and oxygen atoms in total. The summed E-state index contributed by atoms with van der Waals surface area (Å²) in [5.74, 6) is 0.699. The highest BCUT2D eigenvalue weighted by atomic mass is 32.1. The average molecular weight is 410 g/mol. The van der Waals surface area contributed by atoms with Gasteiger partial charge >= 0.3 is 0 Å². The van der Waals surface area contributed by atoms with Gasteiger partial charge in [0.05, 0.1) is 11.8 Å². The number of aliphatic hydroxyl groups is 1. The number of fused-ring (bicyclic) bond motifs is 1. The number of anilines is 1. The Bertz CT molecular complexity index is 1060. The fourth-order valence-corrected chi connectivity index (χ4v) is 5.55. The van der Waals surface area contributed by atoms with Crippen molar-refractivity contribution in [3.8, 4) is 11.1 Å². The summed E-state index contributed by atoms with van der Waals surface area (Å²) in [5.41, 5.74) is 4.52. The monoisotopic (exact) mass is 409 g/mol. The van der Waals surface area contributed by atoms with E-state index in [1.54, 1.807) is 11.3 Å². The fraction of sp³-hybridized carbons (Fsp3) is 0.364. The number of β-amino-alcohol motifs (C(OH)–C–C–N with tert-alkyl or cyclic N) is 1. The number of likely N-dealkylation sites (tertiary alicyclic amines) is 1. The number of aryl methyl sites for hydroxylation is 2. The molecule has 2 N–H and O–H groups in total. The van der Waals surface area contributed by atoms with Crippen molar-refractivity contribution in [2.45, 2.75) is 38.3 Å². The van der Waals surface area contributed by atoms with Gasteiger partial charge in [-0.3, -0.25) is 9.69 Å². The second-order valence-corrected chi connectivity index (χ2v) is 8.66. The Hall–Kier alpha value is -2.48. The van der Waals surface area contributed by atoms with Gasteiger partial charge < -0.3 is 14.9 Å². The molecule has 2 aliphatic heterocycles. The lowest BCUT2D eigenvalue weighted by atomic mass is 9.81. The molecule has 29 heavy (non-hydrogen) atoms. The van der Waals surface area contributed by atoms with Gasteiger partial charge in [-0.05, 0) is 66.8 Å². The predicted octanol–water partition coefficient (Wildman–Crippen LogP) is 3.67. The highest BCUT2D eigenvalue weighted by Crippen LogP contribution is 2.48. The van der Waals surface area contributed by atoms with Gasteiger partial charge in [0.25, 0.3) is 5.91 Å². The minimum Gasteiger partial charge on any atom is -0.392 e. The molecule has 3 aromatic rings. The standard InChI is InChI=1S/C22H23N3O3S/c1-13-20(14(2)28-24-13)15-5-6-19-18(10-15)22(21(27)23-19,16-7-9-29-12-16)25-8-3-4-17(26)11-25/h5-7,9-10,12,17,26H,3-4,8,11H2,1-2H3,(H,23,27). The van der Waals surface area contributed by atoms with E-state index >= 15 is 0 Å². The second-order valence-electron chi connectivity index (χ2n) is 7.88. The molecular weight excluding hydrogens is 386 g/mol. The Balaban J connectivity index is 1.73. The second kappa shape index (κ2) is 6.79. The van der Waals surface area contributed by atoms with Crippen molar-refractivity contribution in [1.82, 2.24) is 10.1 Å². The van der Waals surface area contributed by atoms with E-state index in [9.17, 15) is 9.90 Å². The maximum Gasteiger partial charge on any atom is 0.254 e. The van der Waals surface area contributed by atoms with E-state index in [-0.39, 0.29) is 5.91 Å². The highest BCUT2D eigenvalue weighted by molar-refractivity contribution is 7.08. The summed E-state index contributed by atoms with van der Waals surface area (Å²) in [7, 11) is 0. The fourth-order valence-electron chi connectivity index (χ4n) is 4.85. The Morgan fingerprint density at radius 1 is 1.34 bits per heavy atom. The van der Waals surface area contributed by atoms with Gasteiger partial charge in [-0.15, -0.1) is 0 Å². The van der Waals surface area contributed by atoms with Crippen LogP contribution in [0.4, 0.5) is 5.69 Å². The molecule has 1 aromatic carbocycles. The lowest BCUT2D eigenvalue weighted by molar-refractivity contribution is -0.127. The Morgan fingerprint density at radius 3 is 2.90 bits per heavy atom. The lowest BCUT2D eigenvalue weighted by Gasteiger charge is -2.43. The molecule has 0 radical (unpaired) electrons. The van der Waals surface area contributed by atoms with Crippen molar-refractivity contribution in [3.63, 3.8) is 0 Å². The molecule has 0 spiro atoms. The largest absolute Gasteiger partial charge is 0.392 e. The first-order valence-corrected chi connectivity index (χ1v) is 10.8. The third-order valence-electron chi connectivity index (χ3n) is 6.12. The quantitative estimate of drug-likeness (QED) is 0.690. The van der Waals surface area contributed by atoms with E-state index in [4.69, 9.17) is 4.52 Å². The van der Waals surface area contributed by atoms with Crippen LogP contribution in [-0.2, 0) is 10.3 Å². The van der Waals surface area contributed by atoms with E-state index in [1.165, 1.54) is 0 Å². The zero-order chi connectivity index (χ0) is 20.2. The van der Waals surface area contributed by atoms with Crippen LogP contribution in [0.15, 0.2) is 39.5 Å². The lowest BCUT2D eigenvalue weighted by Crippen LogP contribution is -2.56. The number of nitrogens with one attached hydrogen (secondary N) is 1. The van der Waals surface area contributed by atoms with Crippen molar-refractivity contribution < 1.29 is 14.4 Å². The molecule has 2 unspecified atom stereocenters. The Kier molecular flexibility index (Phi) is 4.34. The molecule has 4 heterocycles. The Morgan fingerprint density at radius 2 is 2.21 bits per heavy atom. The molecule has 7 heteroatoms. The molecule has 0 bridgehead atoms. The van der Waals surface area contributed by atoms with E-state index in [1.807, 2.05) is 42.8 Å². The number of hydrogen-bond donors (Lipinski definition) is 2. The van der Waals surface area contributed by atoms with Crippen LogP contribution in [0, 0.1) is 13.8 Å². The first-order valence-electron chi connectivity index (χ1n) is 9.87. The molecule has 2 aromatic heterocycles. The van der Waals surface area contributed by atoms with E-state index < -0.39 is 11.6 Å². The molecule has 1 saturated heterocycles. The smallest absolute Gasteiger partial charge is 0.254 e. The van der Waals surface area contributed by atoms with Crippen LogP contribution in [0.2, 0.25) is 0 Å². The number of aliphatic hydroxyl groups excluding tert-OH is 1. The van der Waals surface area contributed by atoms with Crippen molar-refractivity contribution in [2.24, 2.45) is 0 Å². The number of benzene rings is 1. The summed E-state index contributed by atoms with van der Waals surface area (Å²) >= 11 is 1.58. The molecule has 5 rings (SSSR count). The normalized spacial score (nSPS) is 24.5. The number of carbonyl (C=O) groups excluding carboxylic acids is 1. The molecule has 0 aliphatic carbocycles. The van der Waals surface area contributed by atoms with E-state index in [2.05, 4.69) is 21.4 Å². The number of amides is 1. The number of piperidine rings is 1. The van der Waals surface area contributed by atoms with E-state index in [0.29, 0.717) is 6.54 Å². The number of rotatable bonds is 3. The third kappa shape index (κ3) is 2.68. The molecule has 0 saturated carbocycles. The summed E-state index contributed by atoms with van der Waals surface area (Å²) in [6, 6.07) is 8.06. The van der Waals surface area contributed by atoms with Crippen LogP contribution in [0.25, 0.3) is 11.1 Å². The highest BCUT2D eigenvalue weighted by Gasteiger charge is 2.53. The SMILES string of the molecule is Cc1noc(C)c1-c1ccc2c(c1)C(c1ccsc1)(N1CCCC(O)C1)C(=O)N2. The van der Waals surface area contributed by atoms with Crippen LogP contribution in [0.1, 0.15) is 35.4 Å². The zero-order valence-electron chi connectivity index (χ0n) is 16.4. The van der Waals surface area contributed by atoms with Gasteiger partial charge in [0.1, 0.15) is 5.76 Å². The third-order valence-corrected chi connectivity index (χ3v) is 6.80. The van der Waals surface area contributed by atoms with Crippen molar-refractivity contribution >= 4 is 22.9 Å². The minimum absolute atomic E-state index is 0.0593. The molecule has 2 aliphatic rings. The summed E-state index contributed by atoms with van der Waals surface area (Å²) in [4.78, 5) is 15.7. The van der Waals surface area contributed by atoms with Gasteiger partial charge in [0.15, 0.2) is 5.54 Å². The first-order chi connectivity index (χ1) is 14.0.